The molecule has 0 radical (unpaired) electrons. The zero-order valence-electron chi connectivity index (χ0n) is 14.5. The molecular formula is C16H23NO7. The number of carbonyl (C=O) groups is 4. The molecule has 8 heteroatoms. The van der Waals surface area contributed by atoms with Crippen LogP contribution in [0, 0.1) is 17.8 Å². The van der Waals surface area contributed by atoms with Crippen molar-refractivity contribution in [2.75, 3.05) is 13.2 Å². The average Bonchev–Trinajstić information content (AvgIpc) is 3.10. The first-order valence-corrected chi connectivity index (χ1v) is 8.03. The monoisotopic (exact) mass is 341 g/mol. The highest BCUT2D eigenvalue weighted by molar-refractivity contribution is 6.06. The van der Waals surface area contributed by atoms with Crippen LogP contribution in [0.4, 0.5) is 4.79 Å². The van der Waals surface area contributed by atoms with Gasteiger partial charge in [-0.3, -0.25) is 9.59 Å². The number of carbonyl (C=O) groups excluding carboxylic acids is 4. The van der Waals surface area contributed by atoms with E-state index in [0.717, 1.165) is 4.90 Å². The van der Waals surface area contributed by atoms with Gasteiger partial charge in [-0.05, 0) is 34.6 Å². The lowest BCUT2D eigenvalue weighted by Gasteiger charge is -2.28. The van der Waals surface area contributed by atoms with Crippen molar-refractivity contribution >= 4 is 23.9 Å². The van der Waals surface area contributed by atoms with E-state index in [2.05, 4.69) is 0 Å². The molecule has 0 bridgehead atoms. The molecule has 0 N–H and O–H groups in total. The number of esters is 2. The van der Waals surface area contributed by atoms with E-state index in [1.54, 1.807) is 34.6 Å². The van der Waals surface area contributed by atoms with Crippen LogP contribution in [0.1, 0.15) is 34.6 Å². The minimum absolute atomic E-state index is 0.104. The molecule has 1 heterocycles. The van der Waals surface area contributed by atoms with Crippen molar-refractivity contribution in [3.8, 4) is 0 Å². The topological polar surface area (TPSA) is 99.2 Å². The third-order valence-electron chi connectivity index (χ3n) is 3.92. The van der Waals surface area contributed by atoms with Gasteiger partial charge in [-0.25, -0.2) is 14.5 Å². The molecule has 2 amide bonds. The van der Waals surface area contributed by atoms with Gasteiger partial charge in [-0.2, -0.15) is 0 Å². The van der Waals surface area contributed by atoms with Crippen molar-refractivity contribution in [2.24, 2.45) is 17.8 Å². The molecule has 2 aliphatic rings. The van der Waals surface area contributed by atoms with Gasteiger partial charge in [-0.15, -0.1) is 0 Å². The molecule has 0 aromatic carbocycles. The molecular weight excluding hydrogens is 318 g/mol. The highest BCUT2D eigenvalue weighted by Gasteiger charge is 2.74. The molecule has 134 valence electrons. The van der Waals surface area contributed by atoms with Crippen LogP contribution >= 0.6 is 0 Å². The molecule has 0 aromatic rings. The third-order valence-corrected chi connectivity index (χ3v) is 3.92. The highest BCUT2D eigenvalue weighted by Crippen LogP contribution is 2.57. The number of fused-ring (bicyclic) bond motifs is 1. The molecule has 2 fully saturated rings. The molecule has 0 aromatic heterocycles. The van der Waals surface area contributed by atoms with Gasteiger partial charge in [0, 0.05) is 5.92 Å². The molecule has 1 saturated carbocycles. The molecule has 0 spiro atoms. The third kappa shape index (κ3) is 3.22. The second-order valence-electron chi connectivity index (χ2n) is 6.77. The Morgan fingerprint density at radius 3 is 2.08 bits per heavy atom. The van der Waals surface area contributed by atoms with E-state index in [-0.39, 0.29) is 13.2 Å². The zero-order chi connectivity index (χ0) is 18.2. The standard InChI is InChI=1S/C16H23NO7/c1-6-22-13(19)10-8-9(10)12(18)17(11(8)14(20)23-7-2)15(21)24-16(3,4)5/h8-11H,6-7H2,1-5H3/t8-,9+,10+,11+/m0/s1. The largest absolute Gasteiger partial charge is 0.466 e. The number of nitrogens with zero attached hydrogens (tertiary/aromatic N) is 1. The van der Waals surface area contributed by atoms with Crippen molar-refractivity contribution in [1.82, 2.24) is 4.90 Å². The first-order chi connectivity index (χ1) is 11.1. The highest BCUT2D eigenvalue weighted by atomic mass is 16.6. The smallest absolute Gasteiger partial charge is 0.417 e. The van der Waals surface area contributed by atoms with Crippen LogP contribution in [-0.4, -0.2) is 53.7 Å². The van der Waals surface area contributed by atoms with E-state index in [1.165, 1.54) is 0 Å². The maximum absolute atomic E-state index is 12.5. The molecule has 1 aliphatic heterocycles. The summed E-state index contributed by atoms with van der Waals surface area (Å²) in [5, 5.41) is 0. The predicted molar refractivity (Wildman–Crippen MR) is 80.6 cm³/mol. The fourth-order valence-corrected chi connectivity index (χ4v) is 3.06. The number of rotatable bonds is 4. The lowest BCUT2D eigenvalue weighted by atomic mass is 10.1. The van der Waals surface area contributed by atoms with Crippen molar-refractivity contribution in [2.45, 2.75) is 46.3 Å². The van der Waals surface area contributed by atoms with Gasteiger partial charge in [0.15, 0.2) is 0 Å². The van der Waals surface area contributed by atoms with Gasteiger partial charge in [0.25, 0.3) is 0 Å². The van der Waals surface area contributed by atoms with Crippen LogP contribution < -0.4 is 0 Å². The number of imide groups is 1. The number of likely N-dealkylation sites (tertiary alicyclic amines) is 1. The minimum Gasteiger partial charge on any atom is -0.466 e. The number of piperidine rings is 1. The SMILES string of the molecule is CCOC(=O)[C@H]1[C@@H]2C(=O)N(C(=O)OC(C)(C)C)[C@@H](C(=O)OCC)[C@H]12. The maximum Gasteiger partial charge on any atom is 0.417 e. The van der Waals surface area contributed by atoms with Crippen LogP contribution in [0.3, 0.4) is 0 Å². The first kappa shape index (κ1) is 18.2. The van der Waals surface area contributed by atoms with Crippen molar-refractivity contribution < 1.29 is 33.4 Å². The summed E-state index contributed by atoms with van der Waals surface area (Å²) in [7, 11) is 0. The summed E-state index contributed by atoms with van der Waals surface area (Å²) < 4.78 is 15.1. The first-order valence-electron chi connectivity index (χ1n) is 8.03. The van der Waals surface area contributed by atoms with E-state index in [9.17, 15) is 19.2 Å². The second kappa shape index (κ2) is 6.41. The summed E-state index contributed by atoms with van der Waals surface area (Å²) in [5.41, 5.74) is -0.816. The number of amides is 2. The fourth-order valence-electron chi connectivity index (χ4n) is 3.06. The van der Waals surface area contributed by atoms with Crippen LogP contribution in [0.25, 0.3) is 0 Å². The number of hydrogen-bond donors (Lipinski definition) is 0. The van der Waals surface area contributed by atoms with Crippen LogP contribution in [0.2, 0.25) is 0 Å². The van der Waals surface area contributed by atoms with Gasteiger partial charge in [-0.1, -0.05) is 0 Å². The quantitative estimate of drug-likeness (QED) is 0.558. The van der Waals surface area contributed by atoms with Crippen LogP contribution in [-0.2, 0) is 28.6 Å². The molecule has 8 nitrogen and oxygen atoms in total. The molecule has 0 unspecified atom stereocenters. The van der Waals surface area contributed by atoms with Crippen molar-refractivity contribution in [3.05, 3.63) is 0 Å². The molecule has 2 rings (SSSR count). The molecule has 1 saturated heterocycles. The summed E-state index contributed by atoms with van der Waals surface area (Å²) in [6.45, 7) is 8.55. The zero-order valence-corrected chi connectivity index (χ0v) is 14.5. The van der Waals surface area contributed by atoms with E-state index in [0.29, 0.717) is 0 Å². The summed E-state index contributed by atoms with van der Waals surface area (Å²) in [5.74, 6) is -3.88. The lowest BCUT2D eigenvalue weighted by Crippen LogP contribution is -2.50. The Bertz CT molecular complexity index is 565. The minimum atomic E-state index is -1.15. The normalized spacial score (nSPS) is 28.2. The van der Waals surface area contributed by atoms with Crippen LogP contribution in [0.15, 0.2) is 0 Å². The Balaban J connectivity index is 2.23. The number of ether oxygens (including phenoxy) is 3. The average molecular weight is 341 g/mol. The summed E-state index contributed by atoms with van der Waals surface area (Å²) >= 11 is 0. The summed E-state index contributed by atoms with van der Waals surface area (Å²) in [6, 6.07) is -1.15. The molecule has 24 heavy (non-hydrogen) atoms. The van der Waals surface area contributed by atoms with Crippen molar-refractivity contribution in [1.29, 1.82) is 0 Å². The second-order valence-corrected chi connectivity index (χ2v) is 6.77. The Kier molecular flexibility index (Phi) is 4.87. The fraction of sp³-hybridized carbons (Fsp3) is 0.750. The van der Waals surface area contributed by atoms with Gasteiger partial charge in [0.1, 0.15) is 11.6 Å². The van der Waals surface area contributed by atoms with Gasteiger partial charge >= 0.3 is 18.0 Å². The van der Waals surface area contributed by atoms with E-state index < -0.39 is 53.3 Å². The van der Waals surface area contributed by atoms with Gasteiger partial charge in [0.2, 0.25) is 5.91 Å². The van der Waals surface area contributed by atoms with Gasteiger partial charge in [0.05, 0.1) is 25.0 Å². The number of hydrogen-bond acceptors (Lipinski definition) is 7. The molecule has 1 aliphatic carbocycles. The summed E-state index contributed by atoms with van der Waals surface area (Å²) in [6.07, 6.45) is -0.902. The Morgan fingerprint density at radius 2 is 1.58 bits per heavy atom. The summed E-state index contributed by atoms with van der Waals surface area (Å²) in [4.78, 5) is 49.8. The predicted octanol–water partition coefficient (Wildman–Crippen LogP) is 1.12. The molecule has 4 atom stereocenters. The van der Waals surface area contributed by atoms with E-state index in [4.69, 9.17) is 14.2 Å². The Morgan fingerprint density at radius 1 is 1.04 bits per heavy atom. The van der Waals surface area contributed by atoms with Crippen molar-refractivity contribution in [3.63, 3.8) is 0 Å². The van der Waals surface area contributed by atoms with E-state index >= 15 is 0 Å². The van der Waals surface area contributed by atoms with E-state index in [1.807, 2.05) is 0 Å². The Hall–Kier alpha value is -2.12. The Labute approximate surface area is 140 Å². The lowest BCUT2D eigenvalue weighted by molar-refractivity contribution is -0.155. The van der Waals surface area contributed by atoms with Gasteiger partial charge < -0.3 is 14.2 Å². The maximum atomic E-state index is 12.5. The van der Waals surface area contributed by atoms with Crippen LogP contribution in [0.5, 0.6) is 0 Å².